The van der Waals surface area contributed by atoms with Crippen LogP contribution in [-0.2, 0) is 4.74 Å². The number of carbonyl (C=O) groups excluding carboxylic acids is 1. The van der Waals surface area contributed by atoms with Crippen molar-refractivity contribution >= 4 is 32.6 Å². The Morgan fingerprint density at radius 3 is 2.60 bits per heavy atom. The van der Waals surface area contributed by atoms with Gasteiger partial charge in [-0.2, -0.15) is 0 Å². The Morgan fingerprint density at radius 1 is 1.20 bits per heavy atom. The van der Waals surface area contributed by atoms with Crippen molar-refractivity contribution in [3.63, 3.8) is 0 Å². The maximum absolute atomic E-state index is 12.5. The zero-order valence-corrected chi connectivity index (χ0v) is 13.3. The van der Waals surface area contributed by atoms with Crippen molar-refractivity contribution in [3.05, 3.63) is 46.4 Å². The molecule has 3 nitrogen and oxygen atoms in total. The van der Waals surface area contributed by atoms with Crippen LogP contribution < -0.4 is 0 Å². The number of fused-ring (bicyclic) bond motifs is 1. The van der Waals surface area contributed by atoms with Crippen molar-refractivity contribution in [2.45, 2.75) is 6.92 Å². The molecule has 2 aromatic carbocycles. The number of benzene rings is 2. The summed E-state index contributed by atoms with van der Waals surface area (Å²) in [6.07, 6.45) is 0. The Bertz CT molecular complexity index is 612. The first-order chi connectivity index (χ1) is 9.65. The molecule has 0 spiro atoms. The summed E-state index contributed by atoms with van der Waals surface area (Å²) in [5.41, 5.74) is 0.720. The van der Waals surface area contributed by atoms with Crippen LogP contribution in [0.25, 0.3) is 10.8 Å². The molecule has 0 unspecified atom stereocenters. The van der Waals surface area contributed by atoms with Crippen molar-refractivity contribution in [1.82, 2.24) is 4.90 Å². The lowest BCUT2D eigenvalue weighted by atomic mass is 10.1. The van der Waals surface area contributed by atoms with Gasteiger partial charge in [-0.25, -0.2) is 0 Å². The van der Waals surface area contributed by atoms with Gasteiger partial charge in [0.25, 0.3) is 5.91 Å². The summed E-state index contributed by atoms with van der Waals surface area (Å²) in [6.45, 7) is 3.83. The van der Waals surface area contributed by atoms with Crippen LogP contribution in [-0.4, -0.2) is 37.6 Å². The zero-order valence-electron chi connectivity index (χ0n) is 11.7. The Morgan fingerprint density at radius 2 is 1.90 bits per heavy atom. The summed E-state index contributed by atoms with van der Waals surface area (Å²) in [7, 11) is 1.65. The molecule has 20 heavy (non-hydrogen) atoms. The molecule has 106 valence electrons. The number of halogens is 1. The predicted octanol–water partition coefficient (Wildman–Crippen LogP) is 3.71. The minimum absolute atomic E-state index is 0.0503. The van der Waals surface area contributed by atoms with Crippen LogP contribution in [0.3, 0.4) is 0 Å². The highest BCUT2D eigenvalue weighted by Crippen LogP contribution is 2.21. The van der Waals surface area contributed by atoms with Gasteiger partial charge in [0.15, 0.2) is 0 Å². The Hall–Kier alpha value is -1.39. The molecular weight excluding hydrogens is 318 g/mol. The second-order valence-corrected chi connectivity index (χ2v) is 5.50. The first-order valence-corrected chi connectivity index (χ1v) is 7.42. The van der Waals surface area contributed by atoms with Crippen molar-refractivity contribution in [2.75, 3.05) is 26.8 Å². The Labute approximate surface area is 127 Å². The number of hydrogen-bond acceptors (Lipinski definition) is 2. The van der Waals surface area contributed by atoms with Crippen molar-refractivity contribution in [3.8, 4) is 0 Å². The molecule has 0 heterocycles. The van der Waals surface area contributed by atoms with E-state index in [1.165, 1.54) is 0 Å². The average molecular weight is 336 g/mol. The normalized spacial score (nSPS) is 10.8. The number of nitrogens with zero attached hydrogens (tertiary/aromatic N) is 1. The standard InChI is InChI=1S/C16H18BrNO2/c1-3-18(8-9-20-2)16(19)14-5-4-13-11-15(17)7-6-12(13)10-14/h4-7,10-11H,3,8-9H2,1-2H3. The summed E-state index contributed by atoms with van der Waals surface area (Å²) in [5.74, 6) is 0.0503. The van der Waals surface area contributed by atoms with E-state index < -0.39 is 0 Å². The van der Waals surface area contributed by atoms with Gasteiger partial charge in [0.05, 0.1) is 6.61 Å². The van der Waals surface area contributed by atoms with Gasteiger partial charge in [0, 0.05) is 30.2 Å². The van der Waals surface area contributed by atoms with E-state index in [-0.39, 0.29) is 5.91 Å². The van der Waals surface area contributed by atoms with Gasteiger partial charge >= 0.3 is 0 Å². The number of methoxy groups -OCH3 is 1. The van der Waals surface area contributed by atoms with Crippen LogP contribution >= 0.6 is 15.9 Å². The number of ether oxygens (including phenoxy) is 1. The van der Waals surface area contributed by atoms with Crippen molar-refractivity contribution in [2.24, 2.45) is 0 Å². The van der Waals surface area contributed by atoms with E-state index >= 15 is 0 Å². The molecule has 0 saturated carbocycles. The van der Waals surface area contributed by atoms with Crippen LogP contribution in [0.4, 0.5) is 0 Å². The molecule has 1 amide bonds. The van der Waals surface area contributed by atoms with Gasteiger partial charge in [-0.05, 0) is 42.0 Å². The fraction of sp³-hybridized carbons (Fsp3) is 0.312. The van der Waals surface area contributed by atoms with E-state index in [2.05, 4.69) is 15.9 Å². The predicted molar refractivity (Wildman–Crippen MR) is 85.1 cm³/mol. The lowest BCUT2D eigenvalue weighted by Crippen LogP contribution is -2.33. The van der Waals surface area contributed by atoms with Crippen LogP contribution in [0.15, 0.2) is 40.9 Å². The Balaban J connectivity index is 2.27. The monoisotopic (exact) mass is 335 g/mol. The average Bonchev–Trinajstić information content (AvgIpc) is 2.47. The molecule has 0 fully saturated rings. The van der Waals surface area contributed by atoms with Gasteiger partial charge in [-0.3, -0.25) is 4.79 Å². The highest BCUT2D eigenvalue weighted by molar-refractivity contribution is 9.10. The van der Waals surface area contributed by atoms with Gasteiger partial charge < -0.3 is 9.64 Å². The first kappa shape index (κ1) is 15.0. The van der Waals surface area contributed by atoms with E-state index in [4.69, 9.17) is 4.74 Å². The fourth-order valence-electron chi connectivity index (χ4n) is 2.14. The highest BCUT2D eigenvalue weighted by atomic mass is 79.9. The van der Waals surface area contributed by atoms with Crippen LogP contribution in [0, 0.1) is 0 Å². The molecular formula is C16H18BrNO2. The molecule has 0 aromatic heterocycles. The second-order valence-electron chi connectivity index (χ2n) is 4.58. The highest BCUT2D eigenvalue weighted by Gasteiger charge is 2.14. The molecule has 2 rings (SSSR count). The molecule has 0 radical (unpaired) electrons. The Kier molecular flexibility index (Phi) is 5.15. The first-order valence-electron chi connectivity index (χ1n) is 6.63. The third kappa shape index (κ3) is 3.38. The van der Waals surface area contributed by atoms with Crippen LogP contribution in [0.1, 0.15) is 17.3 Å². The van der Waals surface area contributed by atoms with E-state index in [1.807, 2.05) is 43.3 Å². The lowest BCUT2D eigenvalue weighted by molar-refractivity contribution is 0.0706. The van der Waals surface area contributed by atoms with E-state index in [9.17, 15) is 4.79 Å². The van der Waals surface area contributed by atoms with Crippen LogP contribution in [0.5, 0.6) is 0 Å². The van der Waals surface area contributed by atoms with Crippen molar-refractivity contribution in [1.29, 1.82) is 0 Å². The molecule has 0 aliphatic heterocycles. The molecule has 0 saturated heterocycles. The molecule has 0 N–H and O–H groups in total. The number of rotatable bonds is 5. The van der Waals surface area contributed by atoms with Gasteiger partial charge in [-0.1, -0.05) is 28.1 Å². The van der Waals surface area contributed by atoms with Gasteiger partial charge in [0.2, 0.25) is 0 Å². The molecule has 0 aliphatic rings. The van der Waals surface area contributed by atoms with Crippen molar-refractivity contribution < 1.29 is 9.53 Å². The molecule has 0 bridgehead atoms. The van der Waals surface area contributed by atoms with E-state index in [0.29, 0.717) is 19.7 Å². The maximum Gasteiger partial charge on any atom is 0.253 e. The smallest absolute Gasteiger partial charge is 0.253 e. The summed E-state index contributed by atoms with van der Waals surface area (Å²) >= 11 is 3.45. The SMILES string of the molecule is CCN(CCOC)C(=O)c1ccc2cc(Br)ccc2c1. The fourth-order valence-corrected chi connectivity index (χ4v) is 2.52. The quantitative estimate of drug-likeness (QED) is 0.833. The molecule has 0 aliphatic carbocycles. The molecule has 2 aromatic rings. The minimum atomic E-state index is 0.0503. The summed E-state index contributed by atoms with van der Waals surface area (Å²) < 4.78 is 6.09. The minimum Gasteiger partial charge on any atom is -0.383 e. The van der Waals surface area contributed by atoms with Crippen LogP contribution in [0.2, 0.25) is 0 Å². The summed E-state index contributed by atoms with van der Waals surface area (Å²) in [6, 6.07) is 11.9. The number of hydrogen-bond donors (Lipinski definition) is 0. The number of likely N-dealkylation sites (N-methyl/N-ethyl adjacent to an activating group) is 1. The van der Waals surface area contributed by atoms with Gasteiger partial charge in [0.1, 0.15) is 0 Å². The van der Waals surface area contributed by atoms with Gasteiger partial charge in [-0.15, -0.1) is 0 Å². The number of carbonyl (C=O) groups is 1. The van der Waals surface area contributed by atoms with E-state index in [0.717, 1.165) is 20.8 Å². The topological polar surface area (TPSA) is 29.5 Å². The lowest BCUT2D eigenvalue weighted by Gasteiger charge is -2.20. The third-order valence-corrected chi connectivity index (χ3v) is 3.78. The summed E-state index contributed by atoms with van der Waals surface area (Å²) in [4.78, 5) is 14.2. The zero-order chi connectivity index (χ0) is 14.5. The molecule has 0 atom stereocenters. The second kappa shape index (κ2) is 6.86. The number of amides is 1. The third-order valence-electron chi connectivity index (χ3n) is 3.28. The molecule has 4 heteroatoms. The summed E-state index contributed by atoms with van der Waals surface area (Å²) in [5, 5.41) is 2.19. The van der Waals surface area contributed by atoms with E-state index in [1.54, 1.807) is 12.0 Å². The maximum atomic E-state index is 12.5. The largest absolute Gasteiger partial charge is 0.383 e.